The highest BCUT2D eigenvalue weighted by atomic mass is 32.2. The fourth-order valence-corrected chi connectivity index (χ4v) is 3.13. The van der Waals surface area contributed by atoms with E-state index in [-0.39, 0.29) is 5.91 Å². The lowest BCUT2D eigenvalue weighted by Gasteiger charge is -2.07. The van der Waals surface area contributed by atoms with Gasteiger partial charge < -0.3 is 9.88 Å². The van der Waals surface area contributed by atoms with Crippen molar-refractivity contribution < 1.29 is 9.00 Å². The molecule has 0 saturated heterocycles. The maximum absolute atomic E-state index is 12.4. The minimum absolute atomic E-state index is 0.266. The second kappa shape index (κ2) is 7.70. The van der Waals surface area contributed by atoms with E-state index in [4.69, 9.17) is 0 Å². The maximum Gasteiger partial charge on any atom is 0.247 e. The fraction of sp³-hybridized carbons (Fsp3) is 0.250. The molecule has 5 nitrogen and oxygen atoms in total. The number of imidazole rings is 1. The summed E-state index contributed by atoms with van der Waals surface area (Å²) in [7, 11) is -1.14. The molecule has 0 fully saturated rings. The molecule has 0 bridgehead atoms. The Kier molecular flexibility index (Phi) is 5.66. The summed E-state index contributed by atoms with van der Waals surface area (Å²) >= 11 is 0. The van der Waals surface area contributed by atoms with Crippen LogP contribution < -0.4 is 5.32 Å². The Morgan fingerprint density at radius 2 is 2.14 bits per heavy atom. The number of hydrogen-bond donors (Lipinski definition) is 1. The van der Waals surface area contributed by atoms with E-state index in [1.807, 2.05) is 4.57 Å². The molecule has 0 radical (unpaired) electrons. The molecule has 1 N–H and O–H groups in total. The smallest absolute Gasteiger partial charge is 0.247 e. The van der Waals surface area contributed by atoms with Gasteiger partial charge in [0.05, 0.1) is 28.6 Å². The topological polar surface area (TPSA) is 64.0 Å². The van der Waals surface area contributed by atoms with Crippen molar-refractivity contribution >= 4 is 22.4 Å². The van der Waals surface area contributed by atoms with E-state index in [1.54, 1.807) is 36.8 Å². The predicted octanol–water partition coefficient (Wildman–Crippen LogP) is 2.73. The molecule has 0 aliphatic carbocycles. The fourth-order valence-electron chi connectivity index (χ4n) is 2.01. The SMILES string of the molecule is C=CC(=O)Nc1ccc(S(=O)Cc2cncn2CCC)cc1. The van der Waals surface area contributed by atoms with Gasteiger partial charge in [-0.15, -0.1) is 0 Å². The van der Waals surface area contributed by atoms with E-state index in [1.165, 1.54) is 6.08 Å². The molecule has 0 aliphatic heterocycles. The lowest BCUT2D eigenvalue weighted by molar-refractivity contribution is -0.111. The first-order chi connectivity index (χ1) is 10.6. The first-order valence-corrected chi connectivity index (χ1v) is 8.36. The lowest BCUT2D eigenvalue weighted by atomic mass is 10.3. The van der Waals surface area contributed by atoms with Gasteiger partial charge in [0.25, 0.3) is 0 Å². The highest BCUT2D eigenvalue weighted by molar-refractivity contribution is 7.84. The van der Waals surface area contributed by atoms with Gasteiger partial charge in [-0.05, 0) is 36.8 Å². The van der Waals surface area contributed by atoms with Crippen LogP contribution in [0.5, 0.6) is 0 Å². The van der Waals surface area contributed by atoms with Crippen LogP contribution in [-0.4, -0.2) is 19.7 Å². The summed E-state index contributed by atoms with van der Waals surface area (Å²) < 4.78 is 14.4. The standard InChI is InChI=1S/C16H19N3O2S/c1-3-9-19-12-17-10-14(19)11-22(21)15-7-5-13(6-8-15)18-16(20)4-2/h4-8,10,12H,2-3,9,11H2,1H3,(H,18,20). The van der Waals surface area contributed by atoms with Crippen molar-refractivity contribution in [3.63, 3.8) is 0 Å². The molecule has 1 unspecified atom stereocenters. The van der Waals surface area contributed by atoms with Crippen LogP contribution in [0.1, 0.15) is 19.0 Å². The Balaban J connectivity index is 2.05. The third-order valence-electron chi connectivity index (χ3n) is 3.11. The highest BCUT2D eigenvalue weighted by Gasteiger charge is 2.09. The van der Waals surface area contributed by atoms with Gasteiger partial charge in [0, 0.05) is 23.3 Å². The van der Waals surface area contributed by atoms with Crippen LogP contribution in [0.25, 0.3) is 0 Å². The van der Waals surface area contributed by atoms with Crippen LogP contribution in [0.2, 0.25) is 0 Å². The van der Waals surface area contributed by atoms with E-state index in [9.17, 15) is 9.00 Å². The molecule has 116 valence electrons. The van der Waals surface area contributed by atoms with Gasteiger partial charge in [0.1, 0.15) is 0 Å². The summed E-state index contributed by atoms with van der Waals surface area (Å²) in [6.45, 7) is 6.37. The summed E-state index contributed by atoms with van der Waals surface area (Å²) in [4.78, 5) is 16.1. The summed E-state index contributed by atoms with van der Waals surface area (Å²) in [5.41, 5.74) is 1.62. The molecule has 1 aromatic heterocycles. The van der Waals surface area contributed by atoms with Crippen molar-refractivity contribution in [2.45, 2.75) is 30.5 Å². The second-order valence-electron chi connectivity index (χ2n) is 4.79. The zero-order chi connectivity index (χ0) is 15.9. The number of amides is 1. The van der Waals surface area contributed by atoms with Gasteiger partial charge in [-0.1, -0.05) is 13.5 Å². The lowest BCUT2D eigenvalue weighted by Crippen LogP contribution is -2.07. The second-order valence-corrected chi connectivity index (χ2v) is 6.24. The van der Waals surface area contributed by atoms with Crippen LogP contribution in [-0.2, 0) is 27.9 Å². The van der Waals surface area contributed by atoms with Crippen molar-refractivity contribution in [1.29, 1.82) is 0 Å². The molecule has 0 aliphatic rings. The molecule has 1 atom stereocenters. The van der Waals surface area contributed by atoms with Crippen molar-refractivity contribution in [1.82, 2.24) is 9.55 Å². The molecule has 2 rings (SSSR count). The maximum atomic E-state index is 12.4. The van der Waals surface area contributed by atoms with Crippen LogP contribution >= 0.6 is 0 Å². The average Bonchev–Trinajstić information content (AvgIpc) is 2.95. The van der Waals surface area contributed by atoms with Crippen LogP contribution in [0.15, 0.2) is 54.3 Å². The molecule has 1 heterocycles. The summed E-state index contributed by atoms with van der Waals surface area (Å²) in [5, 5.41) is 2.66. The molecule has 22 heavy (non-hydrogen) atoms. The van der Waals surface area contributed by atoms with Gasteiger partial charge in [0.15, 0.2) is 0 Å². The van der Waals surface area contributed by atoms with Gasteiger partial charge >= 0.3 is 0 Å². The molecule has 2 aromatic rings. The monoisotopic (exact) mass is 317 g/mol. The quantitative estimate of drug-likeness (QED) is 0.799. The Morgan fingerprint density at radius 3 is 2.77 bits per heavy atom. The number of aromatic nitrogens is 2. The Hall–Kier alpha value is -2.21. The van der Waals surface area contributed by atoms with E-state index in [0.717, 1.165) is 23.6 Å². The molecule has 6 heteroatoms. The van der Waals surface area contributed by atoms with Crippen LogP contribution in [0.3, 0.4) is 0 Å². The van der Waals surface area contributed by atoms with E-state index in [2.05, 4.69) is 23.8 Å². The zero-order valence-electron chi connectivity index (χ0n) is 12.5. The number of aryl methyl sites for hydroxylation is 1. The van der Waals surface area contributed by atoms with Crippen molar-refractivity contribution in [3.8, 4) is 0 Å². The van der Waals surface area contributed by atoms with Crippen molar-refractivity contribution in [2.24, 2.45) is 0 Å². The van der Waals surface area contributed by atoms with Gasteiger partial charge in [-0.2, -0.15) is 0 Å². The number of nitrogens with zero attached hydrogens (tertiary/aromatic N) is 2. The molecular formula is C16H19N3O2S. The van der Waals surface area contributed by atoms with Crippen molar-refractivity contribution in [3.05, 3.63) is 55.1 Å². The van der Waals surface area contributed by atoms with Gasteiger partial charge in [-0.25, -0.2) is 4.98 Å². The zero-order valence-corrected chi connectivity index (χ0v) is 13.3. The number of rotatable bonds is 7. The summed E-state index contributed by atoms with van der Waals surface area (Å²) in [6, 6.07) is 6.99. The number of anilines is 1. The van der Waals surface area contributed by atoms with Gasteiger partial charge in [-0.3, -0.25) is 9.00 Å². The van der Waals surface area contributed by atoms with Crippen molar-refractivity contribution in [2.75, 3.05) is 5.32 Å². The van der Waals surface area contributed by atoms with E-state index in [0.29, 0.717) is 11.4 Å². The largest absolute Gasteiger partial charge is 0.334 e. The summed E-state index contributed by atoms with van der Waals surface area (Å²) in [6.07, 6.45) is 5.74. The number of carbonyl (C=O) groups excluding carboxylic acids is 1. The third kappa shape index (κ3) is 4.14. The minimum atomic E-state index is -1.14. The third-order valence-corrected chi connectivity index (χ3v) is 4.47. The first kappa shape index (κ1) is 16.2. The average molecular weight is 317 g/mol. The molecule has 1 aromatic carbocycles. The van der Waals surface area contributed by atoms with E-state index >= 15 is 0 Å². The number of nitrogens with one attached hydrogen (secondary N) is 1. The summed E-state index contributed by atoms with van der Waals surface area (Å²) in [5.74, 6) is 0.163. The molecule has 0 saturated carbocycles. The van der Waals surface area contributed by atoms with Crippen LogP contribution in [0, 0.1) is 0 Å². The van der Waals surface area contributed by atoms with Gasteiger partial charge in [0.2, 0.25) is 5.91 Å². The molecular weight excluding hydrogens is 298 g/mol. The Bertz CT molecular complexity index is 677. The van der Waals surface area contributed by atoms with Crippen LogP contribution in [0.4, 0.5) is 5.69 Å². The minimum Gasteiger partial charge on any atom is -0.334 e. The Labute approximate surface area is 132 Å². The molecule has 1 amide bonds. The highest BCUT2D eigenvalue weighted by Crippen LogP contribution is 2.16. The predicted molar refractivity (Wildman–Crippen MR) is 87.9 cm³/mol. The normalized spacial score (nSPS) is 11.9. The first-order valence-electron chi connectivity index (χ1n) is 7.05. The Morgan fingerprint density at radius 1 is 1.41 bits per heavy atom. The number of benzene rings is 1. The number of carbonyl (C=O) groups is 1. The van der Waals surface area contributed by atoms with E-state index < -0.39 is 10.8 Å². The number of hydrogen-bond acceptors (Lipinski definition) is 3. The molecule has 0 spiro atoms.